The van der Waals surface area contributed by atoms with Crippen LogP contribution in [-0.2, 0) is 0 Å². The molecule has 5 heteroatoms. The molecule has 0 fully saturated rings. The number of benzene rings is 1. The Balaban J connectivity index is 2.08. The van der Waals surface area contributed by atoms with E-state index in [-0.39, 0.29) is 0 Å². The van der Waals surface area contributed by atoms with Gasteiger partial charge in [0.05, 0.1) is 11.4 Å². The first-order valence-electron chi connectivity index (χ1n) is 7.37. The summed E-state index contributed by atoms with van der Waals surface area (Å²) in [7, 11) is 0. The van der Waals surface area contributed by atoms with Gasteiger partial charge < -0.3 is 5.73 Å². The smallest absolute Gasteiger partial charge is 0.130 e. The van der Waals surface area contributed by atoms with E-state index in [4.69, 9.17) is 10.7 Å². The quantitative estimate of drug-likeness (QED) is 0.588. The van der Waals surface area contributed by atoms with Crippen molar-refractivity contribution in [1.82, 2.24) is 9.97 Å². The SMILES string of the molecule is N#Cc1sc2nc(-c3cccnc3)cc(-c3ccccc3)c2c1N. The molecule has 0 saturated carbocycles. The zero-order valence-corrected chi connectivity index (χ0v) is 13.4. The minimum Gasteiger partial charge on any atom is -0.396 e. The summed E-state index contributed by atoms with van der Waals surface area (Å²) in [6, 6.07) is 18.0. The fourth-order valence-electron chi connectivity index (χ4n) is 2.71. The zero-order chi connectivity index (χ0) is 16.5. The summed E-state index contributed by atoms with van der Waals surface area (Å²) in [6.07, 6.45) is 3.52. The van der Waals surface area contributed by atoms with Gasteiger partial charge in [0.1, 0.15) is 15.8 Å². The number of hydrogen-bond donors (Lipinski definition) is 1. The Morgan fingerprint density at radius 1 is 1.04 bits per heavy atom. The highest BCUT2D eigenvalue weighted by atomic mass is 32.1. The Morgan fingerprint density at radius 3 is 2.54 bits per heavy atom. The van der Waals surface area contributed by atoms with Gasteiger partial charge in [0, 0.05) is 23.3 Å². The maximum absolute atomic E-state index is 9.31. The molecule has 0 amide bonds. The van der Waals surface area contributed by atoms with Crippen molar-refractivity contribution < 1.29 is 0 Å². The topological polar surface area (TPSA) is 75.6 Å². The Kier molecular flexibility index (Phi) is 3.45. The second-order valence-electron chi connectivity index (χ2n) is 5.30. The first kappa shape index (κ1) is 14.4. The van der Waals surface area contributed by atoms with Crippen molar-refractivity contribution in [3.8, 4) is 28.5 Å². The van der Waals surface area contributed by atoms with Crippen LogP contribution in [0.15, 0.2) is 60.9 Å². The van der Waals surface area contributed by atoms with Crippen molar-refractivity contribution in [2.45, 2.75) is 0 Å². The van der Waals surface area contributed by atoms with Gasteiger partial charge in [0.15, 0.2) is 0 Å². The van der Waals surface area contributed by atoms with E-state index in [1.54, 1.807) is 12.4 Å². The maximum atomic E-state index is 9.31. The van der Waals surface area contributed by atoms with Crippen molar-refractivity contribution in [3.05, 3.63) is 65.8 Å². The molecule has 3 aromatic heterocycles. The Bertz CT molecular complexity index is 1060. The third-order valence-electron chi connectivity index (χ3n) is 3.84. The summed E-state index contributed by atoms with van der Waals surface area (Å²) in [6.45, 7) is 0. The third-order valence-corrected chi connectivity index (χ3v) is 4.85. The lowest BCUT2D eigenvalue weighted by atomic mass is 10.00. The summed E-state index contributed by atoms with van der Waals surface area (Å²) in [5.41, 5.74) is 10.5. The molecule has 0 atom stereocenters. The molecule has 4 rings (SSSR count). The average Bonchev–Trinajstić information content (AvgIpc) is 2.98. The molecule has 0 bridgehead atoms. The number of aromatic nitrogens is 2. The monoisotopic (exact) mass is 328 g/mol. The maximum Gasteiger partial charge on any atom is 0.130 e. The molecule has 0 spiro atoms. The predicted molar refractivity (Wildman–Crippen MR) is 97.4 cm³/mol. The molecule has 0 radical (unpaired) electrons. The molecule has 114 valence electrons. The molecule has 0 unspecified atom stereocenters. The summed E-state index contributed by atoms with van der Waals surface area (Å²) < 4.78 is 0. The van der Waals surface area contributed by atoms with Crippen LogP contribution < -0.4 is 5.73 Å². The molecule has 0 saturated heterocycles. The van der Waals surface area contributed by atoms with Gasteiger partial charge in [-0.05, 0) is 29.3 Å². The number of anilines is 1. The van der Waals surface area contributed by atoms with E-state index >= 15 is 0 Å². The van der Waals surface area contributed by atoms with Gasteiger partial charge in [0.25, 0.3) is 0 Å². The number of rotatable bonds is 2. The highest BCUT2D eigenvalue weighted by Crippen LogP contribution is 2.40. The number of pyridine rings is 2. The Labute approximate surface area is 142 Å². The summed E-state index contributed by atoms with van der Waals surface area (Å²) in [5, 5.41) is 10.2. The van der Waals surface area contributed by atoms with Crippen molar-refractivity contribution in [3.63, 3.8) is 0 Å². The van der Waals surface area contributed by atoms with E-state index in [2.05, 4.69) is 11.1 Å². The second kappa shape index (κ2) is 5.76. The molecule has 0 aliphatic heterocycles. The van der Waals surface area contributed by atoms with Crippen LogP contribution in [0.5, 0.6) is 0 Å². The molecule has 0 aliphatic rings. The molecule has 0 aliphatic carbocycles. The average molecular weight is 328 g/mol. The van der Waals surface area contributed by atoms with Crippen molar-refractivity contribution >= 4 is 27.2 Å². The summed E-state index contributed by atoms with van der Waals surface area (Å²) in [5.74, 6) is 0. The first-order chi connectivity index (χ1) is 11.8. The van der Waals surface area contributed by atoms with Crippen molar-refractivity contribution in [2.24, 2.45) is 0 Å². The normalized spacial score (nSPS) is 10.6. The lowest BCUT2D eigenvalue weighted by molar-refractivity contribution is 1.31. The highest BCUT2D eigenvalue weighted by Gasteiger charge is 2.17. The molecule has 3 heterocycles. The predicted octanol–water partition coefficient (Wildman–Crippen LogP) is 4.48. The number of fused-ring (bicyclic) bond motifs is 1. The van der Waals surface area contributed by atoms with Gasteiger partial charge in [-0.1, -0.05) is 30.3 Å². The van der Waals surface area contributed by atoms with Crippen LogP contribution in [0.3, 0.4) is 0 Å². The van der Waals surface area contributed by atoms with E-state index in [0.29, 0.717) is 10.6 Å². The lowest BCUT2D eigenvalue weighted by Gasteiger charge is -2.08. The minimum absolute atomic E-state index is 0.498. The number of hydrogen-bond acceptors (Lipinski definition) is 5. The standard InChI is InChI=1S/C19H12N4S/c20-10-16-18(21)17-14(12-5-2-1-3-6-12)9-15(23-19(17)24-16)13-7-4-8-22-11-13/h1-9,11H,21H2. The summed E-state index contributed by atoms with van der Waals surface area (Å²) in [4.78, 5) is 10.1. The molecule has 4 aromatic rings. The van der Waals surface area contributed by atoms with Crippen LogP contribution in [0.4, 0.5) is 5.69 Å². The number of nitriles is 1. The van der Waals surface area contributed by atoms with E-state index in [1.165, 1.54) is 11.3 Å². The number of nitrogens with zero attached hydrogens (tertiary/aromatic N) is 3. The van der Waals surface area contributed by atoms with Crippen LogP contribution in [-0.4, -0.2) is 9.97 Å². The minimum atomic E-state index is 0.498. The highest BCUT2D eigenvalue weighted by molar-refractivity contribution is 7.20. The third kappa shape index (κ3) is 2.30. The van der Waals surface area contributed by atoms with E-state index < -0.39 is 0 Å². The number of thiophene rings is 1. The first-order valence-corrected chi connectivity index (χ1v) is 8.18. The van der Waals surface area contributed by atoms with E-state index in [9.17, 15) is 5.26 Å². The van der Waals surface area contributed by atoms with Crippen molar-refractivity contribution in [2.75, 3.05) is 5.73 Å². The molecule has 4 nitrogen and oxygen atoms in total. The molecule has 2 N–H and O–H groups in total. The second-order valence-corrected chi connectivity index (χ2v) is 6.30. The van der Waals surface area contributed by atoms with Crippen molar-refractivity contribution in [1.29, 1.82) is 5.26 Å². The van der Waals surface area contributed by atoms with Crippen LogP contribution in [0.1, 0.15) is 4.88 Å². The zero-order valence-electron chi connectivity index (χ0n) is 12.6. The van der Waals surface area contributed by atoms with Gasteiger partial charge in [-0.25, -0.2) is 4.98 Å². The summed E-state index contributed by atoms with van der Waals surface area (Å²) >= 11 is 1.32. The van der Waals surface area contributed by atoms with Crippen LogP contribution >= 0.6 is 11.3 Å². The fraction of sp³-hybridized carbons (Fsp3) is 0. The number of nitrogen functional groups attached to an aromatic ring is 1. The van der Waals surface area contributed by atoms with Crippen LogP contribution in [0.2, 0.25) is 0 Å². The van der Waals surface area contributed by atoms with Crippen LogP contribution in [0, 0.1) is 11.3 Å². The van der Waals surface area contributed by atoms with Gasteiger partial charge in [-0.2, -0.15) is 5.26 Å². The largest absolute Gasteiger partial charge is 0.396 e. The Hall–Kier alpha value is -3.23. The van der Waals surface area contributed by atoms with Gasteiger partial charge in [-0.3, -0.25) is 4.98 Å². The molecule has 1 aromatic carbocycles. The number of nitrogens with two attached hydrogens (primary N) is 1. The van der Waals surface area contributed by atoms with Gasteiger partial charge >= 0.3 is 0 Å². The van der Waals surface area contributed by atoms with E-state index in [1.807, 2.05) is 48.5 Å². The Morgan fingerprint density at radius 2 is 1.83 bits per heavy atom. The van der Waals surface area contributed by atoms with Gasteiger partial charge in [0.2, 0.25) is 0 Å². The molecule has 24 heavy (non-hydrogen) atoms. The molecular formula is C19H12N4S. The molecular weight excluding hydrogens is 316 g/mol. The van der Waals surface area contributed by atoms with Crippen LogP contribution in [0.25, 0.3) is 32.6 Å². The fourth-order valence-corrected chi connectivity index (χ4v) is 3.63. The van der Waals surface area contributed by atoms with Gasteiger partial charge in [-0.15, -0.1) is 11.3 Å². The van der Waals surface area contributed by atoms with E-state index in [0.717, 1.165) is 32.6 Å². The lowest BCUT2D eigenvalue weighted by Crippen LogP contribution is -1.91.